The molecule has 0 aliphatic carbocycles. The number of fused-ring (bicyclic) bond motifs is 1. The van der Waals surface area contributed by atoms with Gasteiger partial charge in [0, 0.05) is 19.3 Å². The van der Waals surface area contributed by atoms with Gasteiger partial charge in [0.05, 0.1) is 18.4 Å². The molecule has 2 unspecified atom stereocenters. The molecule has 112 valence electrons. The lowest BCUT2D eigenvalue weighted by atomic mass is 9.92. The van der Waals surface area contributed by atoms with Gasteiger partial charge in [-0.3, -0.25) is 4.90 Å². The molecule has 0 fully saturated rings. The summed E-state index contributed by atoms with van der Waals surface area (Å²) >= 11 is 0. The maximum Gasteiger partial charge on any atom is 0.147 e. The molecule has 0 bridgehead atoms. The van der Waals surface area contributed by atoms with Gasteiger partial charge >= 0.3 is 0 Å². The molecule has 1 aromatic carbocycles. The molecule has 5 heteroatoms. The van der Waals surface area contributed by atoms with Crippen molar-refractivity contribution < 1.29 is 13.5 Å². The van der Waals surface area contributed by atoms with E-state index in [1.165, 1.54) is 17.4 Å². The molecule has 0 saturated heterocycles. The Hall–Kier alpha value is -0.910. The first-order chi connectivity index (χ1) is 9.40. The Morgan fingerprint density at radius 1 is 1.40 bits per heavy atom. The molecule has 4 nitrogen and oxygen atoms in total. The van der Waals surface area contributed by atoms with Crippen molar-refractivity contribution in [2.24, 2.45) is 5.92 Å². The highest BCUT2D eigenvalue weighted by atomic mass is 32.2. The summed E-state index contributed by atoms with van der Waals surface area (Å²) in [6.07, 6.45) is 2.23. The van der Waals surface area contributed by atoms with Crippen molar-refractivity contribution in [3.63, 3.8) is 0 Å². The van der Waals surface area contributed by atoms with Gasteiger partial charge in [-0.25, -0.2) is 8.42 Å². The minimum absolute atomic E-state index is 0.0121. The van der Waals surface area contributed by atoms with E-state index in [-0.39, 0.29) is 24.3 Å². The number of nitrogens with zero attached hydrogens (tertiary/aromatic N) is 1. The van der Waals surface area contributed by atoms with Crippen LogP contribution in [0.1, 0.15) is 24.1 Å². The molecular formula is C15H23NO3S. The predicted octanol–water partition coefficient (Wildman–Crippen LogP) is 1.26. The molecular weight excluding hydrogens is 274 g/mol. The average molecular weight is 297 g/mol. The summed E-state index contributed by atoms with van der Waals surface area (Å²) in [5.41, 5.74) is 2.46. The number of benzene rings is 1. The van der Waals surface area contributed by atoms with E-state index in [1.807, 2.05) is 19.1 Å². The quantitative estimate of drug-likeness (QED) is 0.889. The normalized spacial score (nSPS) is 21.4. The van der Waals surface area contributed by atoms with E-state index in [1.54, 1.807) is 0 Å². The second-order valence-corrected chi connectivity index (χ2v) is 8.02. The molecule has 1 N–H and O–H groups in total. The van der Waals surface area contributed by atoms with Crippen molar-refractivity contribution in [1.82, 2.24) is 4.90 Å². The van der Waals surface area contributed by atoms with Gasteiger partial charge in [0.2, 0.25) is 0 Å². The number of hydrogen-bond acceptors (Lipinski definition) is 4. The van der Waals surface area contributed by atoms with Gasteiger partial charge in [-0.2, -0.15) is 0 Å². The summed E-state index contributed by atoms with van der Waals surface area (Å²) in [6, 6.07) is 8.17. The Morgan fingerprint density at radius 2 is 2.10 bits per heavy atom. The zero-order valence-corrected chi connectivity index (χ0v) is 12.9. The lowest BCUT2D eigenvalue weighted by Gasteiger charge is -2.37. The van der Waals surface area contributed by atoms with Crippen LogP contribution in [0.4, 0.5) is 0 Å². The number of aliphatic hydroxyl groups excluding tert-OH is 1. The van der Waals surface area contributed by atoms with Crippen molar-refractivity contribution >= 4 is 9.84 Å². The third-order valence-corrected chi connectivity index (χ3v) is 5.00. The summed E-state index contributed by atoms with van der Waals surface area (Å²) in [5.74, 6) is 0.271. The van der Waals surface area contributed by atoms with Crippen LogP contribution in [0, 0.1) is 5.92 Å². The maximum absolute atomic E-state index is 11.4. The number of hydrogen-bond donors (Lipinski definition) is 1. The fourth-order valence-corrected chi connectivity index (χ4v) is 4.24. The van der Waals surface area contributed by atoms with E-state index in [2.05, 4.69) is 17.0 Å². The minimum atomic E-state index is -2.95. The topological polar surface area (TPSA) is 57.6 Å². The van der Waals surface area contributed by atoms with Crippen LogP contribution in [0.3, 0.4) is 0 Å². The number of rotatable bonds is 5. The van der Waals surface area contributed by atoms with Crippen molar-refractivity contribution in [2.75, 3.05) is 31.7 Å². The Morgan fingerprint density at radius 3 is 2.75 bits per heavy atom. The van der Waals surface area contributed by atoms with E-state index < -0.39 is 9.84 Å². The van der Waals surface area contributed by atoms with Crippen LogP contribution in [0.15, 0.2) is 24.3 Å². The summed E-state index contributed by atoms with van der Waals surface area (Å²) in [6.45, 7) is 3.60. The maximum atomic E-state index is 11.4. The molecule has 1 heterocycles. The Balaban J connectivity index is 2.10. The third-order valence-electron chi connectivity index (χ3n) is 3.83. The first kappa shape index (κ1) is 15.5. The molecule has 1 aliphatic rings. The molecule has 0 saturated carbocycles. The fourth-order valence-electron chi connectivity index (χ4n) is 3.11. The largest absolute Gasteiger partial charge is 0.394 e. The SMILES string of the molecule is CC(CN1CCc2ccccc2C1CO)CS(C)(=O)=O. The van der Waals surface area contributed by atoms with Crippen LogP contribution in [0.5, 0.6) is 0 Å². The monoisotopic (exact) mass is 297 g/mol. The van der Waals surface area contributed by atoms with Crippen LogP contribution >= 0.6 is 0 Å². The number of aliphatic hydroxyl groups is 1. The van der Waals surface area contributed by atoms with E-state index in [9.17, 15) is 13.5 Å². The average Bonchev–Trinajstić information content (AvgIpc) is 2.36. The van der Waals surface area contributed by atoms with Crippen LogP contribution in [0.25, 0.3) is 0 Å². The van der Waals surface area contributed by atoms with Gasteiger partial charge in [-0.15, -0.1) is 0 Å². The molecule has 2 atom stereocenters. The van der Waals surface area contributed by atoms with Crippen molar-refractivity contribution in [1.29, 1.82) is 0 Å². The summed E-state index contributed by atoms with van der Waals surface area (Å²) in [4.78, 5) is 2.21. The minimum Gasteiger partial charge on any atom is -0.394 e. The van der Waals surface area contributed by atoms with E-state index in [0.29, 0.717) is 6.54 Å². The van der Waals surface area contributed by atoms with Crippen molar-refractivity contribution in [3.05, 3.63) is 35.4 Å². The molecule has 20 heavy (non-hydrogen) atoms. The lowest BCUT2D eigenvalue weighted by molar-refractivity contribution is 0.104. The van der Waals surface area contributed by atoms with Crippen LogP contribution < -0.4 is 0 Å². The fraction of sp³-hybridized carbons (Fsp3) is 0.600. The Labute approximate surface area is 121 Å². The zero-order valence-electron chi connectivity index (χ0n) is 12.1. The van der Waals surface area contributed by atoms with Gasteiger partial charge < -0.3 is 5.11 Å². The zero-order chi connectivity index (χ0) is 14.8. The van der Waals surface area contributed by atoms with Crippen molar-refractivity contribution in [3.8, 4) is 0 Å². The van der Waals surface area contributed by atoms with Crippen LogP contribution in [-0.4, -0.2) is 50.1 Å². The highest BCUT2D eigenvalue weighted by Crippen LogP contribution is 2.29. The predicted molar refractivity (Wildman–Crippen MR) is 80.4 cm³/mol. The smallest absolute Gasteiger partial charge is 0.147 e. The molecule has 0 amide bonds. The highest BCUT2D eigenvalue weighted by molar-refractivity contribution is 7.90. The van der Waals surface area contributed by atoms with E-state index in [0.717, 1.165) is 13.0 Å². The molecule has 1 aliphatic heterocycles. The second kappa shape index (κ2) is 6.24. The van der Waals surface area contributed by atoms with E-state index in [4.69, 9.17) is 0 Å². The summed E-state index contributed by atoms with van der Waals surface area (Å²) in [5, 5.41) is 9.69. The Kier molecular flexibility index (Phi) is 4.83. The van der Waals surface area contributed by atoms with Gasteiger partial charge in [0.1, 0.15) is 9.84 Å². The van der Waals surface area contributed by atoms with E-state index >= 15 is 0 Å². The highest BCUT2D eigenvalue weighted by Gasteiger charge is 2.27. The standard InChI is InChI=1S/C15H23NO3S/c1-12(11-20(2,18)19)9-16-8-7-13-5-3-4-6-14(13)15(16)10-17/h3-6,12,15,17H,7-11H2,1-2H3. The Bertz CT molecular complexity index is 556. The molecule has 0 spiro atoms. The second-order valence-electron chi connectivity index (χ2n) is 5.84. The van der Waals surface area contributed by atoms with Crippen LogP contribution in [0.2, 0.25) is 0 Å². The lowest BCUT2D eigenvalue weighted by Crippen LogP contribution is -2.40. The van der Waals surface area contributed by atoms with Gasteiger partial charge in [0.15, 0.2) is 0 Å². The van der Waals surface area contributed by atoms with Gasteiger partial charge in [0.25, 0.3) is 0 Å². The van der Waals surface area contributed by atoms with Crippen molar-refractivity contribution in [2.45, 2.75) is 19.4 Å². The summed E-state index contributed by atoms with van der Waals surface area (Å²) < 4.78 is 22.7. The third kappa shape index (κ3) is 3.81. The molecule has 1 aromatic rings. The first-order valence-corrected chi connectivity index (χ1v) is 9.07. The number of sulfone groups is 1. The molecule has 2 rings (SSSR count). The summed E-state index contributed by atoms with van der Waals surface area (Å²) in [7, 11) is -2.95. The molecule has 0 aromatic heterocycles. The van der Waals surface area contributed by atoms with Gasteiger partial charge in [-0.05, 0) is 23.5 Å². The first-order valence-electron chi connectivity index (χ1n) is 7.01. The van der Waals surface area contributed by atoms with Crippen LogP contribution in [-0.2, 0) is 16.3 Å². The molecule has 0 radical (unpaired) electrons. The van der Waals surface area contributed by atoms with Gasteiger partial charge in [-0.1, -0.05) is 31.2 Å².